The monoisotopic (exact) mass is 356 g/mol. The lowest BCUT2D eigenvalue weighted by Crippen LogP contribution is -2.45. The second kappa shape index (κ2) is 5.94. The molecule has 0 saturated carbocycles. The first-order valence-electron chi connectivity index (χ1n) is 7.66. The molecule has 1 aliphatic heterocycles. The molecule has 8 nitrogen and oxygen atoms in total. The summed E-state index contributed by atoms with van der Waals surface area (Å²) >= 11 is 0. The minimum Gasteiger partial charge on any atom is -0.478 e. The van der Waals surface area contributed by atoms with Gasteiger partial charge in [0.2, 0.25) is 0 Å². The number of carboxylic acids is 2. The van der Waals surface area contributed by atoms with Crippen LogP contribution in [0.5, 0.6) is 0 Å². The first kappa shape index (κ1) is 17.6. The maximum absolute atomic E-state index is 11.8. The van der Waals surface area contributed by atoms with Gasteiger partial charge in [0.05, 0.1) is 22.6 Å². The molecule has 0 bridgehead atoms. The molecule has 134 valence electrons. The van der Waals surface area contributed by atoms with Crippen molar-refractivity contribution >= 4 is 22.8 Å². The summed E-state index contributed by atoms with van der Waals surface area (Å²) in [5.41, 5.74) is -3.96. The first-order valence-corrected chi connectivity index (χ1v) is 7.66. The van der Waals surface area contributed by atoms with Gasteiger partial charge in [-0.05, 0) is 26.0 Å². The fraction of sp³-hybridized carbons (Fsp3) is 0.167. The van der Waals surface area contributed by atoms with Crippen LogP contribution in [0.1, 0.15) is 19.5 Å². The van der Waals surface area contributed by atoms with Gasteiger partial charge < -0.3 is 15.3 Å². The second-order valence-electron chi connectivity index (χ2n) is 5.94. The second-order valence-corrected chi connectivity index (χ2v) is 5.94. The molecule has 4 N–H and O–H groups in total. The van der Waals surface area contributed by atoms with Crippen LogP contribution >= 0.6 is 0 Å². The summed E-state index contributed by atoms with van der Waals surface area (Å²) < 4.78 is 0. The zero-order valence-corrected chi connectivity index (χ0v) is 14.0. The molecular formula is C18H16N2O6. The fourth-order valence-corrected chi connectivity index (χ4v) is 3.25. The zero-order valence-electron chi connectivity index (χ0n) is 14.0. The van der Waals surface area contributed by atoms with E-state index in [1.54, 1.807) is 30.3 Å². The molecular weight excluding hydrogens is 340 g/mol. The van der Waals surface area contributed by atoms with Crippen molar-refractivity contribution in [3.05, 3.63) is 64.6 Å². The van der Waals surface area contributed by atoms with Crippen LogP contribution in [0.2, 0.25) is 0 Å². The van der Waals surface area contributed by atoms with Gasteiger partial charge in [0.1, 0.15) is 11.1 Å². The minimum absolute atomic E-state index is 0.155. The number of benzene rings is 1. The van der Waals surface area contributed by atoms with Crippen LogP contribution in [0.25, 0.3) is 10.9 Å². The van der Waals surface area contributed by atoms with Crippen molar-refractivity contribution in [2.24, 2.45) is 0 Å². The lowest BCUT2D eigenvalue weighted by molar-refractivity contribution is -0.140. The molecule has 2 aromatic rings. The largest absolute Gasteiger partial charge is 0.478 e. The number of carbonyl (C=O) groups is 2. The molecule has 0 radical (unpaired) electrons. The summed E-state index contributed by atoms with van der Waals surface area (Å²) in [7, 11) is 0. The maximum atomic E-state index is 11.8. The SMILES string of the molecule is CC1=C(C(=O)O)C(O)(c2ccc3ccccc3n2)C(C(=O)O)=C(C)N1O. The van der Waals surface area contributed by atoms with Gasteiger partial charge in [-0.3, -0.25) is 5.21 Å². The number of pyridine rings is 1. The lowest BCUT2D eigenvalue weighted by atomic mass is 9.78. The van der Waals surface area contributed by atoms with Gasteiger partial charge in [0, 0.05) is 5.39 Å². The Bertz CT molecular complexity index is 970. The smallest absolute Gasteiger partial charge is 0.337 e. The molecule has 0 saturated heterocycles. The third kappa shape index (κ3) is 2.35. The number of nitrogens with zero attached hydrogens (tertiary/aromatic N) is 2. The lowest BCUT2D eigenvalue weighted by Gasteiger charge is -2.38. The van der Waals surface area contributed by atoms with Gasteiger partial charge in [-0.15, -0.1) is 0 Å². The normalized spacial score (nSPS) is 17.0. The summed E-state index contributed by atoms with van der Waals surface area (Å²) in [6.07, 6.45) is 0. The summed E-state index contributed by atoms with van der Waals surface area (Å²) in [4.78, 5) is 28.0. The number of hydroxylamine groups is 2. The number of carboxylic acid groups (broad SMARTS) is 2. The molecule has 8 heteroatoms. The predicted octanol–water partition coefficient (Wildman–Crippen LogP) is 1.84. The van der Waals surface area contributed by atoms with Crippen LogP contribution < -0.4 is 0 Å². The molecule has 2 heterocycles. The van der Waals surface area contributed by atoms with Crippen LogP contribution in [0.15, 0.2) is 58.9 Å². The average Bonchev–Trinajstić information content (AvgIpc) is 2.59. The number of rotatable bonds is 3. The van der Waals surface area contributed by atoms with Gasteiger partial charge in [-0.25, -0.2) is 19.6 Å². The molecule has 3 rings (SSSR count). The number of fused-ring (bicyclic) bond motifs is 1. The first-order chi connectivity index (χ1) is 12.2. The van der Waals surface area contributed by atoms with Crippen molar-refractivity contribution in [1.82, 2.24) is 10.0 Å². The molecule has 1 aliphatic rings. The Labute approximate surface area is 147 Å². The summed E-state index contributed by atoms with van der Waals surface area (Å²) in [6.45, 7) is 2.55. The molecule has 26 heavy (non-hydrogen) atoms. The number of hydrogen-bond donors (Lipinski definition) is 4. The highest BCUT2D eigenvalue weighted by atomic mass is 16.5. The quantitative estimate of drug-likeness (QED) is 0.655. The van der Waals surface area contributed by atoms with E-state index in [1.807, 2.05) is 0 Å². The standard InChI is InChI=1S/C18H16N2O6/c1-9-14(16(21)22)18(25,15(17(23)24)10(2)20(9)26)13-8-7-11-5-3-4-6-12(11)19-13/h3-8,25-26H,1-2H3,(H,21,22)(H,23,24). The van der Waals surface area contributed by atoms with Crippen LogP contribution in [0.4, 0.5) is 0 Å². The average molecular weight is 356 g/mol. The predicted molar refractivity (Wildman–Crippen MR) is 89.9 cm³/mol. The van der Waals surface area contributed by atoms with E-state index in [4.69, 9.17) is 0 Å². The van der Waals surface area contributed by atoms with Gasteiger partial charge in [-0.1, -0.05) is 24.3 Å². The molecule has 1 aromatic heterocycles. The summed E-state index contributed by atoms with van der Waals surface area (Å²) in [5.74, 6) is -3.13. The fourth-order valence-electron chi connectivity index (χ4n) is 3.25. The van der Waals surface area contributed by atoms with E-state index in [0.717, 1.165) is 5.39 Å². The summed E-state index contributed by atoms with van der Waals surface area (Å²) in [5, 5.41) is 41.9. The van der Waals surface area contributed by atoms with Gasteiger partial charge in [0.15, 0.2) is 5.60 Å². The van der Waals surface area contributed by atoms with Crippen LogP contribution in [0.3, 0.4) is 0 Å². The van der Waals surface area contributed by atoms with Crippen LogP contribution in [-0.4, -0.2) is 42.5 Å². The molecule has 0 aliphatic carbocycles. The van der Waals surface area contributed by atoms with Gasteiger partial charge in [0.25, 0.3) is 0 Å². The highest BCUT2D eigenvalue weighted by molar-refractivity contribution is 5.99. The van der Waals surface area contributed by atoms with E-state index in [-0.39, 0.29) is 17.1 Å². The van der Waals surface area contributed by atoms with Crippen molar-refractivity contribution in [1.29, 1.82) is 0 Å². The molecule has 0 fully saturated rings. The van der Waals surface area contributed by atoms with Crippen molar-refractivity contribution in [3.8, 4) is 0 Å². The number of aliphatic hydroxyl groups is 1. The van der Waals surface area contributed by atoms with Gasteiger partial charge in [-0.2, -0.15) is 0 Å². The topological polar surface area (TPSA) is 131 Å². The van der Waals surface area contributed by atoms with Crippen LogP contribution in [-0.2, 0) is 15.2 Å². The summed E-state index contributed by atoms with van der Waals surface area (Å²) in [6, 6.07) is 9.95. The Balaban J connectivity index is 2.39. The molecule has 0 atom stereocenters. The Morgan fingerprint density at radius 1 is 0.962 bits per heavy atom. The highest BCUT2D eigenvalue weighted by Crippen LogP contribution is 2.44. The third-order valence-electron chi connectivity index (χ3n) is 4.48. The van der Waals surface area contributed by atoms with Crippen molar-refractivity contribution in [2.45, 2.75) is 19.4 Å². The van der Waals surface area contributed by atoms with Crippen molar-refractivity contribution in [3.63, 3.8) is 0 Å². The van der Waals surface area contributed by atoms with E-state index in [0.29, 0.717) is 10.6 Å². The van der Waals surface area contributed by atoms with E-state index in [9.17, 15) is 30.1 Å². The van der Waals surface area contributed by atoms with Gasteiger partial charge >= 0.3 is 11.9 Å². The molecule has 1 aromatic carbocycles. The number of hydrogen-bond acceptors (Lipinski definition) is 6. The van der Waals surface area contributed by atoms with Crippen molar-refractivity contribution < 1.29 is 30.1 Å². The van der Waals surface area contributed by atoms with Crippen LogP contribution in [0, 0.1) is 0 Å². The highest BCUT2D eigenvalue weighted by Gasteiger charge is 2.52. The Morgan fingerprint density at radius 2 is 1.50 bits per heavy atom. The zero-order chi connectivity index (χ0) is 19.2. The van der Waals surface area contributed by atoms with Crippen molar-refractivity contribution in [2.75, 3.05) is 0 Å². The van der Waals surface area contributed by atoms with E-state index in [2.05, 4.69) is 4.98 Å². The third-order valence-corrected chi connectivity index (χ3v) is 4.48. The number of allylic oxidation sites excluding steroid dienone is 2. The van der Waals surface area contributed by atoms with E-state index >= 15 is 0 Å². The molecule has 0 spiro atoms. The number of aromatic nitrogens is 1. The molecule has 0 amide bonds. The van der Waals surface area contributed by atoms with E-state index in [1.165, 1.54) is 19.9 Å². The number of para-hydroxylation sites is 1. The molecule has 0 unspecified atom stereocenters. The Kier molecular flexibility index (Phi) is 4.02. The van der Waals surface area contributed by atoms with E-state index < -0.39 is 28.7 Å². The maximum Gasteiger partial charge on any atom is 0.337 e. The Hall–Kier alpha value is -3.23. The Morgan fingerprint density at radius 3 is 2.04 bits per heavy atom. The minimum atomic E-state index is -2.53. The number of aliphatic carboxylic acids is 2.